The Morgan fingerprint density at radius 1 is 1.06 bits per heavy atom. The van der Waals surface area contributed by atoms with Crippen LogP contribution in [0.1, 0.15) is 25.7 Å². The third kappa shape index (κ3) is 4.74. The molecule has 2 heterocycles. The zero-order chi connectivity index (χ0) is 21.8. The number of nitrogens with zero attached hydrogens (tertiary/aromatic N) is 4. The lowest BCUT2D eigenvalue weighted by Crippen LogP contribution is -2.51. The number of hydrogen-bond acceptors (Lipinski definition) is 5. The Bertz CT molecular complexity index is 996. The third-order valence-electron chi connectivity index (χ3n) is 6.01. The predicted octanol–water partition coefficient (Wildman–Crippen LogP) is 1.84. The van der Waals surface area contributed by atoms with Crippen molar-refractivity contribution in [3.8, 4) is 5.69 Å². The van der Waals surface area contributed by atoms with Gasteiger partial charge in [-0.05, 0) is 25.0 Å². The first kappa shape index (κ1) is 21.4. The first-order valence-corrected chi connectivity index (χ1v) is 11.1. The molecule has 0 bridgehead atoms. The van der Waals surface area contributed by atoms with Crippen molar-refractivity contribution < 1.29 is 9.59 Å². The summed E-state index contributed by atoms with van der Waals surface area (Å²) in [5, 5.41) is 7.17. The molecule has 1 aliphatic carbocycles. The molecule has 1 aliphatic heterocycles. The minimum absolute atomic E-state index is 0.0127. The van der Waals surface area contributed by atoms with Gasteiger partial charge in [-0.1, -0.05) is 42.6 Å². The SMILES string of the molecule is O=C(NCC(=O)N1CCN(c2cnn(-c3ccccc3)c(=O)c2Cl)CC1)C1CCCC1. The molecule has 2 aromatic rings. The van der Waals surface area contributed by atoms with Crippen molar-refractivity contribution in [1.29, 1.82) is 0 Å². The molecule has 2 fully saturated rings. The van der Waals surface area contributed by atoms with E-state index in [1.807, 2.05) is 23.1 Å². The molecule has 2 aliphatic rings. The smallest absolute Gasteiger partial charge is 0.292 e. The Morgan fingerprint density at radius 3 is 2.42 bits per heavy atom. The number of hydrogen-bond donors (Lipinski definition) is 1. The number of benzene rings is 1. The van der Waals surface area contributed by atoms with Crippen LogP contribution in [0.5, 0.6) is 0 Å². The highest BCUT2D eigenvalue weighted by Crippen LogP contribution is 2.25. The minimum Gasteiger partial charge on any atom is -0.365 e. The molecular formula is C22H26ClN5O3. The summed E-state index contributed by atoms with van der Waals surface area (Å²) in [5.74, 6) is -0.0478. The Labute approximate surface area is 185 Å². The number of anilines is 1. The molecule has 1 saturated carbocycles. The number of amides is 2. The normalized spacial score (nSPS) is 17.1. The topological polar surface area (TPSA) is 87.5 Å². The molecule has 0 atom stereocenters. The number of para-hydroxylation sites is 1. The highest BCUT2D eigenvalue weighted by molar-refractivity contribution is 6.33. The fourth-order valence-corrected chi connectivity index (χ4v) is 4.45. The molecule has 8 nitrogen and oxygen atoms in total. The molecular weight excluding hydrogens is 418 g/mol. The van der Waals surface area contributed by atoms with Gasteiger partial charge in [0.2, 0.25) is 11.8 Å². The van der Waals surface area contributed by atoms with Gasteiger partial charge in [0.05, 0.1) is 24.1 Å². The Balaban J connectivity index is 1.34. The lowest BCUT2D eigenvalue weighted by atomic mass is 10.1. The van der Waals surface area contributed by atoms with Crippen LogP contribution in [-0.2, 0) is 9.59 Å². The Morgan fingerprint density at radius 2 is 1.74 bits per heavy atom. The van der Waals surface area contributed by atoms with Gasteiger partial charge in [-0.2, -0.15) is 9.78 Å². The zero-order valence-corrected chi connectivity index (χ0v) is 18.1. The van der Waals surface area contributed by atoms with Crippen LogP contribution in [0.25, 0.3) is 5.69 Å². The number of aromatic nitrogens is 2. The second-order valence-corrected chi connectivity index (χ2v) is 8.34. The van der Waals surface area contributed by atoms with E-state index in [-0.39, 0.29) is 34.9 Å². The standard InChI is InChI=1S/C22H26ClN5O3/c23-20-18(14-25-28(22(20)31)17-8-2-1-3-9-17)26-10-12-27(13-11-26)19(29)15-24-21(30)16-6-4-5-7-16/h1-3,8-9,14,16H,4-7,10-13,15H2,(H,24,30). The summed E-state index contributed by atoms with van der Waals surface area (Å²) in [6.45, 7) is 2.11. The van der Waals surface area contributed by atoms with Gasteiger partial charge in [0.1, 0.15) is 5.02 Å². The second-order valence-electron chi connectivity index (χ2n) is 7.96. The molecule has 1 aromatic carbocycles. The number of rotatable bonds is 5. The average molecular weight is 444 g/mol. The molecule has 31 heavy (non-hydrogen) atoms. The quantitative estimate of drug-likeness (QED) is 0.761. The second kappa shape index (κ2) is 9.51. The van der Waals surface area contributed by atoms with E-state index >= 15 is 0 Å². The van der Waals surface area contributed by atoms with Crippen LogP contribution in [0.15, 0.2) is 41.3 Å². The van der Waals surface area contributed by atoms with Crippen LogP contribution in [0, 0.1) is 5.92 Å². The zero-order valence-electron chi connectivity index (χ0n) is 17.3. The molecule has 164 valence electrons. The van der Waals surface area contributed by atoms with Crippen molar-refractivity contribution in [3.63, 3.8) is 0 Å². The van der Waals surface area contributed by atoms with Gasteiger partial charge in [0.15, 0.2) is 0 Å². The van der Waals surface area contributed by atoms with Crippen molar-refractivity contribution >= 4 is 29.1 Å². The summed E-state index contributed by atoms with van der Waals surface area (Å²) in [4.78, 5) is 41.0. The van der Waals surface area contributed by atoms with Gasteiger partial charge in [-0.3, -0.25) is 14.4 Å². The van der Waals surface area contributed by atoms with Crippen LogP contribution in [0.2, 0.25) is 5.02 Å². The number of halogens is 1. The van der Waals surface area contributed by atoms with Crippen LogP contribution >= 0.6 is 11.6 Å². The summed E-state index contributed by atoms with van der Waals surface area (Å²) in [6, 6.07) is 9.11. The number of carbonyl (C=O) groups excluding carboxylic acids is 2. The van der Waals surface area contributed by atoms with Crippen LogP contribution < -0.4 is 15.8 Å². The highest BCUT2D eigenvalue weighted by Gasteiger charge is 2.26. The molecule has 9 heteroatoms. The van der Waals surface area contributed by atoms with E-state index < -0.39 is 0 Å². The van der Waals surface area contributed by atoms with E-state index in [4.69, 9.17) is 11.6 Å². The van der Waals surface area contributed by atoms with E-state index in [1.54, 1.807) is 23.2 Å². The fourth-order valence-electron chi connectivity index (χ4n) is 4.20. The van der Waals surface area contributed by atoms with Crippen molar-refractivity contribution in [2.24, 2.45) is 5.92 Å². The molecule has 4 rings (SSSR count). The summed E-state index contributed by atoms with van der Waals surface area (Å²) in [6.07, 6.45) is 5.59. The van der Waals surface area contributed by atoms with Crippen LogP contribution in [0.4, 0.5) is 5.69 Å². The highest BCUT2D eigenvalue weighted by atomic mass is 35.5. The Hall–Kier alpha value is -2.87. The largest absolute Gasteiger partial charge is 0.365 e. The van der Waals surface area contributed by atoms with Gasteiger partial charge in [-0.25, -0.2) is 0 Å². The van der Waals surface area contributed by atoms with E-state index in [0.717, 1.165) is 25.7 Å². The van der Waals surface area contributed by atoms with E-state index in [9.17, 15) is 14.4 Å². The monoisotopic (exact) mass is 443 g/mol. The first-order chi connectivity index (χ1) is 15.0. The van der Waals surface area contributed by atoms with Crippen molar-refractivity contribution in [1.82, 2.24) is 20.0 Å². The van der Waals surface area contributed by atoms with E-state index in [0.29, 0.717) is 37.6 Å². The molecule has 1 aromatic heterocycles. The predicted molar refractivity (Wildman–Crippen MR) is 119 cm³/mol. The summed E-state index contributed by atoms with van der Waals surface area (Å²) >= 11 is 6.38. The Kier molecular flexibility index (Phi) is 6.56. The maximum atomic E-state index is 12.7. The molecule has 0 unspecified atom stereocenters. The van der Waals surface area contributed by atoms with Gasteiger partial charge in [-0.15, -0.1) is 0 Å². The molecule has 0 spiro atoms. The first-order valence-electron chi connectivity index (χ1n) is 10.7. The number of nitrogens with one attached hydrogen (secondary N) is 1. The van der Waals surface area contributed by atoms with Gasteiger partial charge in [0, 0.05) is 32.1 Å². The molecule has 0 radical (unpaired) electrons. The van der Waals surface area contributed by atoms with Crippen LogP contribution in [0.3, 0.4) is 0 Å². The summed E-state index contributed by atoms with van der Waals surface area (Å²) in [5.41, 5.74) is 0.843. The summed E-state index contributed by atoms with van der Waals surface area (Å²) in [7, 11) is 0. The molecule has 2 amide bonds. The van der Waals surface area contributed by atoms with Gasteiger partial charge in [0.25, 0.3) is 5.56 Å². The van der Waals surface area contributed by atoms with Gasteiger partial charge >= 0.3 is 0 Å². The van der Waals surface area contributed by atoms with E-state index in [1.165, 1.54) is 4.68 Å². The number of piperazine rings is 1. The fraction of sp³-hybridized carbons (Fsp3) is 0.455. The third-order valence-corrected chi connectivity index (χ3v) is 6.37. The minimum atomic E-state index is -0.376. The summed E-state index contributed by atoms with van der Waals surface area (Å²) < 4.78 is 1.28. The lowest BCUT2D eigenvalue weighted by Gasteiger charge is -2.36. The molecule has 1 N–H and O–H groups in total. The van der Waals surface area contributed by atoms with E-state index in [2.05, 4.69) is 10.4 Å². The van der Waals surface area contributed by atoms with Crippen molar-refractivity contribution in [2.45, 2.75) is 25.7 Å². The maximum Gasteiger partial charge on any atom is 0.292 e. The lowest BCUT2D eigenvalue weighted by molar-refractivity contribution is -0.134. The van der Waals surface area contributed by atoms with Crippen molar-refractivity contribution in [3.05, 3.63) is 51.9 Å². The number of carbonyl (C=O) groups is 2. The van der Waals surface area contributed by atoms with Gasteiger partial charge < -0.3 is 15.1 Å². The maximum absolute atomic E-state index is 12.7. The average Bonchev–Trinajstić information content (AvgIpc) is 3.35. The van der Waals surface area contributed by atoms with Crippen molar-refractivity contribution in [2.75, 3.05) is 37.6 Å². The van der Waals surface area contributed by atoms with Crippen LogP contribution in [-0.4, -0.2) is 59.2 Å². The molecule has 1 saturated heterocycles.